The van der Waals surface area contributed by atoms with Crippen LogP contribution < -0.4 is 5.32 Å². The third-order valence-electron chi connectivity index (χ3n) is 2.33. The van der Waals surface area contributed by atoms with Crippen molar-refractivity contribution in [2.24, 2.45) is 5.92 Å². The van der Waals surface area contributed by atoms with Gasteiger partial charge >= 0.3 is 0 Å². The first-order valence-electron chi connectivity index (χ1n) is 4.26. The highest BCUT2D eigenvalue weighted by Gasteiger charge is 2.23. The van der Waals surface area contributed by atoms with Crippen LogP contribution in [0.25, 0.3) is 0 Å². The number of hydrogen-bond acceptors (Lipinski definition) is 1. The highest BCUT2D eigenvalue weighted by Crippen LogP contribution is 2.30. The van der Waals surface area contributed by atoms with Crippen molar-refractivity contribution >= 4 is 23.2 Å². The van der Waals surface area contributed by atoms with E-state index < -0.39 is 0 Å². The van der Waals surface area contributed by atoms with Gasteiger partial charge in [0.15, 0.2) is 0 Å². The Labute approximate surface area is 81.9 Å². The van der Waals surface area contributed by atoms with Crippen LogP contribution in [-0.4, -0.2) is 5.91 Å². The summed E-state index contributed by atoms with van der Waals surface area (Å²) in [6.07, 6.45) is 0.737. The van der Waals surface area contributed by atoms with Crippen LogP contribution in [0.1, 0.15) is 12.5 Å². The fourth-order valence-electron chi connectivity index (χ4n) is 1.54. The van der Waals surface area contributed by atoms with Crippen molar-refractivity contribution in [3.63, 3.8) is 0 Å². The van der Waals surface area contributed by atoms with Crippen LogP contribution in [0, 0.1) is 5.92 Å². The van der Waals surface area contributed by atoms with E-state index in [4.69, 9.17) is 11.6 Å². The van der Waals surface area contributed by atoms with Crippen molar-refractivity contribution in [3.05, 3.63) is 28.8 Å². The lowest BCUT2D eigenvalue weighted by atomic mass is 9.95. The number of anilines is 1. The lowest BCUT2D eigenvalue weighted by molar-refractivity contribution is -0.119. The Morgan fingerprint density at radius 2 is 2.31 bits per heavy atom. The summed E-state index contributed by atoms with van der Waals surface area (Å²) in [6, 6.07) is 5.58. The lowest BCUT2D eigenvalue weighted by Gasteiger charge is -2.22. The predicted octanol–water partition coefficient (Wildman–Crippen LogP) is 2.47. The molecular weight excluding hydrogens is 186 g/mol. The summed E-state index contributed by atoms with van der Waals surface area (Å²) in [6.45, 7) is 1.90. The normalized spacial score (nSPS) is 20.8. The molecule has 1 aliphatic rings. The number of nitrogens with one attached hydrogen (secondary N) is 1. The zero-order valence-electron chi connectivity index (χ0n) is 7.30. The number of carbonyl (C=O) groups is 1. The molecule has 1 unspecified atom stereocenters. The number of rotatable bonds is 0. The second-order valence-electron chi connectivity index (χ2n) is 3.36. The topological polar surface area (TPSA) is 29.1 Å². The molecule has 1 N–H and O–H groups in total. The third-order valence-corrected chi connectivity index (χ3v) is 2.69. The first-order valence-corrected chi connectivity index (χ1v) is 4.64. The Morgan fingerprint density at radius 3 is 3.08 bits per heavy atom. The van der Waals surface area contributed by atoms with Crippen molar-refractivity contribution in [2.75, 3.05) is 5.32 Å². The van der Waals surface area contributed by atoms with E-state index >= 15 is 0 Å². The molecule has 2 rings (SSSR count). The van der Waals surface area contributed by atoms with Gasteiger partial charge < -0.3 is 5.32 Å². The standard InChI is InChI=1S/C10H10ClNO/c1-6-5-7-8(11)3-2-4-9(7)12-10(6)13/h2-4,6H,5H2,1H3,(H,12,13). The molecule has 1 aromatic carbocycles. The Kier molecular flexibility index (Phi) is 2.00. The minimum Gasteiger partial charge on any atom is -0.326 e. The van der Waals surface area contributed by atoms with Crippen molar-refractivity contribution < 1.29 is 4.79 Å². The van der Waals surface area contributed by atoms with Gasteiger partial charge in [0.05, 0.1) is 0 Å². The summed E-state index contributed by atoms with van der Waals surface area (Å²) in [4.78, 5) is 11.3. The Balaban J connectivity index is 2.48. The van der Waals surface area contributed by atoms with E-state index in [-0.39, 0.29) is 11.8 Å². The van der Waals surface area contributed by atoms with Gasteiger partial charge in [0.1, 0.15) is 0 Å². The Morgan fingerprint density at radius 1 is 1.54 bits per heavy atom. The molecule has 1 heterocycles. The van der Waals surface area contributed by atoms with Gasteiger partial charge in [-0.1, -0.05) is 24.6 Å². The largest absolute Gasteiger partial charge is 0.326 e. The molecule has 1 atom stereocenters. The predicted molar refractivity (Wildman–Crippen MR) is 52.9 cm³/mol. The van der Waals surface area contributed by atoms with E-state index in [1.54, 1.807) is 0 Å². The summed E-state index contributed by atoms with van der Waals surface area (Å²) < 4.78 is 0. The minimum absolute atomic E-state index is 0.0207. The van der Waals surface area contributed by atoms with Crippen molar-refractivity contribution in [1.29, 1.82) is 0 Å². The van der Waals surface area contributed by atoms with Crippen molar-refractivity contribution in [3.8, 4) is 0 Å². The van der Waals surface area contributed by atoms with Crippen molar-refractivity contribution in [2.45, 2.75) is 13.3 Å². The van der Waals surface area contributed by atoms with E-state index in [1.165, 1.54) is 0 Å². The Hall–Kier alpha value is -1.02. The Bertz CT molecular complexity index is 362. The van der Waals surface area contributed by atoms with Gasteiger partial charge in [0, 0.05) is 16.6 Å². The molecule has 0 saturated carbocycles. The molecule has 2 nitrogen and oxygen atoms in total. The second-order valence-corrected chi connectivity index (χ2v) is 3.77. The molecule has 1 aliphatic heterocycles. The molecule has 1 amide bonds. The van der Waals surface area contributed by atoms with Crippen LogP contribution in [0.15, 0.2) is 18.2 Å². The quantitative estimate of drug-likeness (QED) is 0.677. The summed E-state index contributed by atoms with van der Waals surface area (Å²) >= 11 is 6.00. The minimum atomic E-state index is 0.0207. The van der Waals surface area contributed by atoms with Gasteiger partial charge in [0.2, 0.25) is 5.91 Å². The van der Waals surface area contributed by atoms with Crippen LogP contribution >= 0.6 is 11.6 Å². The van der Waals surface area contributed by atoms with Crippen molar-refractivity contribution in [1.82, 2.24) is 0 Å². The molecule has 13 heavy (non-hydrogen) atoms. The summed E-state index contributed by atoms with van der Waals surface area (Å²) in [5.74, 6) is 0.0992. The fraction of sp³-hybridized carbons (Fsp3) is 0.300. The zero-order chi connectivity index (χ0) is 9.42. The van der Waals surface area contributed by atoms with Gasteiger partial charge in [0.25, 0.3) is 0 Å². The van der Waals surface area contributed by atoms with Gasteiger partial charge in [-0.3, -0.25) is 4.79 Å². The maximum atomic E-state index is 11.3. The second kappa shape index (κ2) is 3.04. The van der Waals surface area contributed by atoms with Crippen LogP contribution in [-0.2, 0) is 11.2 Å². The number of hydrogen-bond donors (Lipinski definition) is 1. The first-order chi connectivity index (χ1) is 6.18. The molecule has 0 aliphatic carbocycles. The average molecular weight is 196 g/mol. The highest BCUT2D eigenvalue weighted by molar-refractivity contribution is 6.32. The molecule has 0 spiro atoms. The van der Waals surface area contributed by atoms with Gasteiger partial charge in [-0.15, -0.1) is 0 Å². The van der Waals surface area contributed by atoms with E-state index in [0.29, 0.717) is 0 Å². The fourth-order valence-corrected chi connectivity index (χ4v) is 1.79. The van der Waals surface area contributed by atoms with Gasteiger partial charge in [-0.25, -0.2) is 0 Å². The van der Waals surface area contributed by atoms with E-state index in [0.717, 1.165) is 22.7 Å². The molecule has 1 aromatic rings. The molecule has 3 heteroatoms. The highest BCUT2D eigenvalue weighted by atomic mass is 35.5. The van der Waals surface area contributed by atoms with E-state index in [2.05, 4.69) is 5.32 Å². The lowest BCUT2D eigenvalue weighted by Crippen LogP contribution is -2.27. The van der Waals surface area contributed by atoms with Gasteiger partial charge in [-0.2, -0.15) is 0 Å². The van der Waals surface area contributed by atoms with Crippen LogP contribution in [0.4, 0.5) is 5.69 Å². The first kappa shape index (κ1) is 8.57. The number of halogens is 1. The molecule has 0 aromatic heterocycles. The molecule has 0 radical (unpaired) electrons. The number of amides is 1. The maximum absolute atomic E-state index is 11.3. The SMILES string of the molecule is CC1Cc2c(Cl)cccc2NC1=O. The van der Waals surface area contributed by atoms with Crippen LogP contribution in [0.3, 0.4) is 0 Å². The molecule has 0 bridgehead atoms. The molecule has 0 fully saturated rings. The molecular formula is C10H10ClNO. The smallest absolute Gasteiger partial charge is 0.227 e. The molecule has 68 valence electrons. The monoisotopic (exact) mass is 195 g/mol. The summed E-state index contributed by atoms with van der Waals surface area (Å²) in [5, 5.41) is 3.57. The van der Waals surface area contributed by atoms with Crippen LogP contribution in [0.5, 0.6) is 0 Å². The van der Waals surface area contributed by atoms with Crippen LogP contribution in [0.2, 0.25) is 5.02 Å². The van der Waals surface area contributed by atoms with E-state index in [1.807, 2.05) is 25.1 Å². The number of benzene rings is 1. The average Bonchev–Trinajstić information content (AvgIpc) is 2.09. The van der Waals surface area contributed by atoms with E-state index in [9.17, 15) is 4.79 Å². The van der Waals surface area contributed by atoms with Gasteiger partial charge in [-0.05, 0) is 24.1 Å². The maximum Gasteiger partial charge on any atom is 0.227 e. The summed E-state index contributed by atoms with van der Waals surface area (Å²) in [5.41, 5.74) is 1.91. The summed E-state index contributed by atoms with van der Waals surface area (Å²) in [7, 11) is 0. The zero-order valence-corrected chi connectivity index (χ0v) is 8.06. The molecule has 0 saturated heterocycles. The number of fused-ring (bicyclic) bond motifs is 1. The third kappa shape index (κ3) is 1.42. The number of carbonyl (C=O) groups excluding carboxylic acids is 1.